The van der Waals surface area contributed by atoms with E-state index in [0.717, 1.165) is 12.1 Å². The van der Waals surface area contributed by atoms with Crippen molar-refractivity contribution in [3.63, 3.8) is 0 Å². The Morgan fingerprint density at radius 3 is 2.47 bits per heavy atom. The maximum atomic E-state index is 12.3. The molecule has 0 amide bonds. The Bertz CT molecular complexity index is 318. The lowest BCUT2D eigenvalue weighted by molar-refractivity contribution is -0.137. The maximum absolute atomic E-state index is 12.3. The molecule has 0 aliphatic rings. The van der Waals surface area contributed by atoms with Crippen molar-refractivity contribution in [1.29, 1.82) is 0 Å². The zero-order valence-corrected chi connectivity index (χ0v) is 8.64. The lowest BCUT2D eigenvalue weighted by atomic mass is 10.1. The minimum absolute atomic E-state index is 0.0135. The molecule has 0 unspecified atom stereocenters. The predicted molar refractivity (Wildman–Crippen MR) is 51.4 cm³/mol. The second-order valence-electron chi connectivity index (χ2n) is 3.56. The molecule has 1 rings (SSSR count). The highest BCUT2D eigenvalue weighted by molar-refractivity contribution is 5.25. The van der Waals surface area contributed by atoms with Gasteiger partial charge >= 0.3 is 6.18 Å². The Hall–Kier alpha value is -1.03. The second kappa shape index (κ2) is 4.66. The third-order valence-corrected chi connectivity index (χ3v) is 1.84. The monoisotopic (exact) mass is 218 g/mol. The van der Waals surface area contributed by atoms with Crippen molar-refractivity contribution < 1.29 is 17.9 Å². The fraction of sp³-hybridized carbons (Fsp3) is 0.455. The second-order valence-corrected chi connectivity index (χ2v) is 3.56. The molecule has 0 aliphatic heterocycles. The van der Waals surface area contributed by atoms with E-state index in [1.165, 1.54) is 6.07 Å². The molecular formula is C11H13F3O. The van der Waals surface area contributed by atoms with Crippen molar-refractivity contribution in [2.45, 2.75) is 32.7 Å². The first-order valence-electron chi connectivity index (χ1n) is 4.67. The van der Waals surface area contributed by atoms with Crippen LogP contribution in [0.25, 0.3) is 0 Å². The summed E-state index contributed by atoms with van der Waals surface area (Å²) in [6, 6.07) is 5.18. The lowest BCUT2D eigenvalue weighted by Crippen LogP contribution is -2.07. The predicted octanol–water partition coefficient (Wildman–Crippen LogP) is 3.63. The van der Waals surface area contributed by atoms with Crippen LogP contribution in [-0.4, -0.2) is 6.10 Å². The number of alkyl halides is 3. The standard InChI is InChI=1S/C11H13F3O/c1-8(2)15-7-9-4-3-5-10(6-9)11(12,13)14/h3-6,8H,7H2,1-2H3. The Morgan fingerprint density at radius 1 is 1.27 bits per heavy atom. The highest BCUT2D eigenvalue weighted by atomic mass is 19.4. The van der Waals surface area contributed by atoms with E-state index in [4.69, 9.17) is 4.74 Å². The van der Waals surface area contributed by atoms with Crippen LogP contribution in [0.3, 0.4) is 0 Å². The zero-order chi connectivity index (χ0) is 11.5. The highest BCUT2D eigenvalue weighted by Crippen LogP contribution is 2.29. The van der Waals surface area contributed by atoms with Crippen LogP contribution in [0, 0.1) is 0 Å². The topological polar surface area (TPSA) is 9.23 Å². The molecule has 4 heteroatoms. The number of halogens is 3. The average Bonchev–Trinajstić information content (AvgIpc) is 2.14. The summed E-state index contributed by atoms with van der Waals surface area (Å²) in [4.78, 5) is 0. The molecule has 0 fully saturated rings. The summed E-state index contributed by atoms with van der Waals surface area (Å²) in [5, 5.41) is 0. The maximum Gasteiger partial charge on any atom is 0.416 e. The Morgan fingerprint density at radius 2 is 1.93 bits per heavy atom. The fourth-order valence-corrected chi connectivity index (χ4v) is 1.10. The first-order valence-corrected chi connectivity index (χ1v) is 4.67. The molecule has 0 spiro atoms. The van der Waals surface area contributed by atoms with Gasteiger partial charge in [-0.15, -0.1) is 0 Å². The smallest absolute Gasteiger partial charge is 0.374 e. The SMILES string of the molecule is CC(C)OCc1cccc(C(F)(F)F)c1. The molecule has 0 aromatic heterocycles. The summed E-state index contributed by atoms with van der Waals surface area (Å²) in [6.45, 7) is 3.89. The van der Waals surface area contributed by atoms with Gasteiger partial charge in [-0.05, 0) is 31.5 Å². The molecule has 84 valence electrons. The van der Waals surface area contributed by atoms with Gasteiger partial charge in [0.05, 0.1) is 18.3 Å². The van der Waals surface area contributed by atoms with Gasteiger partial charge in [0.15, 0.2) is 0 Å². The van der Waals surface area contributed by atoms with Gasteiger partial charge in [-0.1, -0.05) is 12.1 Å². The number of ether oxygens (including phenoxy) is 1. The normalized spacial score (nSPS) is 12.1. The molecule has 0 bridgehead atoms. The largest absolute Gasteiger partial charge is 0.416 e. The van der Waals surface area contributed by atoms with Crippen molar-refractivity contribution in [1.82, 2.24) is 0 Å². The molecule has 0 saturated heterocycles. The molecule has 0 heterocycles. The summed E-state index contributed by atoms with van der Waals surface area (Å²) in [5.41, 5.74) is -0.0918. The van der Waals surface area contributed by atoms with Crippen molar-refractivity contribution in [3.8, 4) is 0 Å². The Labute approximate surface area is 86.9 Å². The van der Waals surface area contributed by atoms with Crippen LogP contribution in [0.15, 0.2) is 24.3 Å². The van der Waals surface area contributed by atoms with Gasteiger partial charge in [-0.25, -0.2) is 0 Å². The van der Waals surface area contributed by atoms with Gasteiger partial charge in [0.2, 0.25) is 0 Å². The van der Waals surface area contributed by atoms with E-state index < -0.39 is 11.7 Å². The van der Waals surface area contributed by atoms with E-state index in [1.54, 1.807) is 6.07 Å². The number of rotatable bonds is 3. The van der Waals surface area contributed by atoms with Crippen LogP contribution in [0.5, 0.6) is 0 Å². The van der Waals surface area contributed by atoms with Crippen LogP contribution >= 0.6 is 0 Å². The van der Waals surface area contributed by atoms with Gasteiger partial charge in [-0.3, -0.25) is 0 Å². The molecule has 0 radical (unpaired) electrons. The third kappa shape index (κ3) is 3.91. The Kier molecular flexibility index (Phi) is 3.74. The first kappa shape index (κ1) is 12.0. The molecule has 1 nitrogen and oxygen atoms in total. The number of benzene rings is 1. The van der Waals surface area contributed by atoms with Crippen molar-refractivity contribution in [3.05, 3.63) is 35.4 Å². The molecule has 15 heavy (non-hydrogen) atoms. The highest BCUT2D eigenvalue weighted by Gasteiger charge is 2.30. The van der Waals surface area contributed by atoms with E-state index in [0.29, 0.717) is 5.56 Å². The third-order valence-electron chi connectivity index (χ3n) is 1.84. The summed E-state index contributed by atoms with van der Waals surface area (Å²) in [6.07, 6.45) is -4.27. The first-order chi connectivity index (χ1) is 6.89. The van der Waals surface area contributed by atoms with Crippen LogP contribution in [0.2, 0.25) is 0 Å². The minimum Gasteiger partial charge on any atom is -0.374 e. The van der Waals surface area contributed by atoms with Crippen LogP contribution in [0.4, 0.5) is 13.2 Å². The van der Waals surface area contributed by atoms with E-state index >= 15 is 0 Å². The molecule has 1 aromatic carbocycles. The lowest BCUT2D eigenvalue weighted by Gasteiger charge is -2.10. The van der Waals surface area contributed by atoms with Gasteiger partial charge in [0.25, 0.3) is 0 Å². The van der Waals surface area contributed by atoms with Gasteiger partial charge in [0, 0.05) is 0 Å². The molecule has 0 N–H and O–H groups in total. The zero-order valence-electron chi connectivity index (χ0n) is 8.64. The van der Waals surface area contributed by atoms with Crippen molar-refractivity contribution in [2.75, 3.05) is 0 Å². The molecular weight excluding hydrogens is 205 g/mol. The fourth-order valence-electron chi connectivity index (χ4n) is 1.10. The minimum atomic E-state index is -4.28. The molecule has 0 aliphatic carbocycles. The summed E-state index contributed by atoms with van der Waals surface area (Å²) in [5.74, 6) is 0. The number of hydrogen-bond donors (Lipinski definition) is 0. The van der Waals surface area contributed by atoms with Gasteiger partial charge in [-0.2, -0.15) is 13.2 Å². The van der Waals surface area contributed by atoms with E-state index in [1.807, 2.05) is 13.8 Å². The van der Waals surface area contributed by atoms with Crippen LogP contribution in [0.1, 0.15) is 25.0 Å². The van der Waals surface area contributed by atoms with Crippen molar-refractivity contribution >= 4 is 0 Å². The van der Waals surface area contributed by atoms with Gasteiger partial charge < -0.3 is 4.74 Å². The van der Waals surface area contributed by atoms with Crippen LogP contribution in [-0.2, 0) is 17.5 Å². The van der Waals surface area contributed by atoms with E-state index in [-0.39, 0.29) is 12.7 Å². The quantitative estimate of drug-likeness (QED) is 0.752. The van der Waals surface area contributed by atoms with Crippen LogP contribution < -0.4 is 0 Å². The summed E-state index contributed by atoms with van der Waals surface area (Å²) in [7, 11) is 0. The summed E-state index contributed by atoms with van der Waals surface area (Å²) < 4.78 is 42.2. The molecule has 0 saturated carbocycles. The molecule has 1 aromatic rings. The number of hydrogen-bond acceptors (Lipinski definition) is 1. The van der Waals surface area contributed by atoms with E-state index in [2.05, 4.69) is 0 Å². The molecule has 0 atom stereocenters. The average molecular weight is 218 g/mol. The van der Waals surface area contributed by atoms with Crippen molar-refractivity contribution in [2.24, 2.45) is 0 Å². The Balaban J connectivity index is 2.75. The van der Waals surface area contributed by atoms with E-state index in [9.17, 15) is 13.2 Å². The van der Waals surface area contributed by atoms with Gasteiger partial charge in [0.1, 0.15) is 0 Å². The summed E-state index contributed by atoms with van der Waals surface area (Å²) >= 11 is 0.